The molecule has 3 aliphatic rings. The zero-order chi connectivity index (χ0) is 22.8. The number of hydrogen-bond donors (Lipinski definition) is 0. The van der Waals surface area contributed by atoms with Crippen LogP contribution in [0.1, 0.15) is 28.8 Å². The second kappa shape index (κ2) is 9.09. The Morgan fingerprint density at radius 2 is 1.76 bits per heavy atom. The van der Waals surface area contributed by atoms with Gasteiger partial charge in [0.1, 0.15) is 0 Å². The summed E-state index contributed by atoms with van der Waals surface area (Å²) in [5.41, 5.74) is 1.18. The van der Waals surface area contributed by atoms with E-state index >= 15 is 0 Å². The second-order valence-electron chi connectivity index (χ2n) is 9.36. The first kappa shape index (κ1) is 21.8. The molecule has 0 unspecified atom stereocenters. The molecule has 2 atom stereocenters. The van der Waals surface area contributed by atoms with Crippen molar-refractivity contribution in [3.05, 3.63) is 53.9 Å². The molecule has 174 valence electrons. The maximum atomic E-state index is 14.0. The van der Waals surface area contributed by atoms with Crippen LogP contribution in [0.4, 0.5) is 5.95 Å². The lowest BCUT2D eigenvalue weighted by Crippen LogP contribution is -2.53. The molecule has 0 aliphatic carbocycles. The van der Waals surface area contributed by atoms with Crippen LogP contribution in [0.25, 0.3) is 0 Å². The third-order valence-corrected chi connectivity index (χ3v) is 7.41. The molecule has 3 fully saturated rings. The first-order valence-electron chi connectivity index (χ1n) is 11.8. The van der Waals surface area contributed by atoms with Gasteiger partial charge in [0.25, 0.3) is 5.91 Å². The Kier molecular flexibility index (Phi) is 6.01. The first-order chi connectivity index (χ1) is 16.1. The standard InChI is InChI=1S/C25H31N5O3/c1-19-6-2-3-7-21(19)22(31)29-11-4-8-25(23(32)28-12-14-33-15-13-28)18-30(17-20(25)16-29)24-26-9-5-10-27-24/h2-3,5-7,9-10,20H,4,8,11-18H2,1H3/t20-,25-/m0/s1. The van der Waals surface area contributed by atoms with Gasteiger partial charge in [-0.2, -0.15) is 0 Å². The molecule has 0 saturated carbocycles. The number of likely N-dealkylation sites (tertiary alicyclic amines) is 1. The molecule has 2 amide bonds. The number of hydrogen-bond acceptors (Lipinski definition) is 6. The van der Waals surface area contributed by atoms with E-state index in [-0.39, 0.29) is 17.7 Å². The number of carbonyl (C=O) groups excluding carboxylic acids is 2. The van der Waals surface area contributed by atoms with Crippen molar-refractivity contribution < 1.29 is 14.3 Å². The third-order valence-electron chi connectivity index (χ3n) is 7.41. The summed E-state index contributed by atoms with van der Waals surface area (Å²) in [5.74, 6) is 0.917. The van der Waals surface area contributed by atoms with Crippen LogP contribution < -0.4 is 4.90 Å². The van der Waals surface area contributed by atoms with Gasteiger partial charge >= 0.3 is 0 Å². The zero-order valence-electron chi connectivity index (χ0n) is 19.2. The molecule has 3 saturated heterocycles. The van der Waals surface area contributed by atoms with Crippen molar-refractivity contribution >= 4 is 17.8 Å². The largest absolute Gasteiger partial charge is 0.378 e. The molecule has 3 aliphatic heterocycles. The van der Waals surface area contributed by atoms with Gasteiger partial charge in [-0.15, -0.1) is 0 Å². The second-order valence-corrected chi connectivity index (χ2v) is 9.36. The van der Waals surface area contributed by atoms with Crippen LogP contribution in [0.5, 0.6) is 0 Å². The van der Waals surface area contributed by atoms with Gasteiger partial charge in [0.2, 0.25) is 11.9 Å². The monoisotopic (exact) mass is 449 g/mol. The fourth-order valence-corrected chi connectivity index (χ4v) is 5.64. The lowest BCUT2D eigenvalue weighted by atomic mass is 9.73. The Balaban J connectivity index is 1.45. The molecule has 0 bridgehead atoms. The number of rotatable bonds is 3. The summed E-state index contributed by atoms with van der Waals surface area (Å²) in [6, 6.07) is 9.54. The molecule has 33 heavy (non-hydrogen) atoms. The summed E-state index contributed by atoms with van der Waals surface area (Å²) >= 11 is 0. The average Bonchev–Trinajstić information content (AvgIpc) is 3.13. The Morgan fingerprint density at radius 3 is 2.52 bits per heavy atom. The maximum absolute atomic E-state index is 14.0. The van der Waals surface area contributed by atoms with Crippen molar-refractivity contribution in [2.24, 2.45) is 11.3 Å². The minimum atomic E-state index is -0.544. The molecule has 5 rings (SSSR count). The molecular formula is C25H31N5O3. The fourth-order valence-electron chi connectivity index (χ4n) is 5.64. The number of benzene rings is 1. The van der Waals surface area contributed by atoms with Gasteiger partial charge in [0.15, 0.2) is 0 Å². The number of fused-ring (bicyclic) bond motifs is 1. The highest BCUT2D eigenvalue weighted by molar-refractivity contribution is 5.96. The molecule has 1 aromatic carbocycles. The van der Waals surface area contributed by atoms with E-state index in [2.05, 4.69) is 14.9 Å². The molecule has 1 aromatic heterocycles. The van der Waals surface area contributed by atoms with E-state index in [1.165, 1.54) is 0 Å². The number of carbonyl (C=O) groups is 2. The van der Waals surface area contributed by atoms with Gasteiger partial charge in [-0.3, -0.25) is 9.59 Å². The van der Waals surface area contributed by atoms with E-state index in [1.54, 1.807) is 18.5 Å². The average molecular weight is 450 g/mol. The Bertz CT molecular complexity index is 1010. The number of amides is 2. The number of nitrogens with zero attached hydrogens (tertiary/aromatic N) is 5. The lowest BCUT2D eigenvalue weighted by molar-refractivity contribution is -0.148. The molecule has 8 heteroatoms. The van der Waals surface area contributed by atoms with E-state index in [9.17, 15) is 9.59 Å². The number of aryl methyl sites for hydroxylation is 1. The van der Waals surface area contributed by atoms with Gasteiger partial charge in [-0.05, 0) is 37.5 Å². The quantitative estimate of drug-likeness (QED) is 0.713. The Hall–Kier alpha value is -3.00. The minimum absolute atomic E-state index is 0.0205. The van der Waals surface area contributed by atoms with Crippen molar-refractivity contribution in [1.82, 2.24) is 19.8 Å². The van der Waals surface area contributed by atoms with Crippen LogP contribution in [-0.2, 0) is 9.53 Å². The molecular weight excluding hydrogens is 418 g/mol. The van der Waals surface area contributed by atoms with Gasteiger partial charge in [-0.1, -0.05) is 18.2 Å². The highest BCUT2D eigenvalue weighted by atomic mass is 16.5. The van der Waals surface area contributed by atoms with Crippen LogP contribution in [0.15, 0.2) is 42.7 Å². The third kappa shape index (κ3) is 4.08. The van der Waals surface area contributed by atoms with E-state index in [4.69, 9.17) is 4.74 Å². The summed E-state index contributed by atoms with van der Waals surface area (Å²) in [6.07, 6.45) is 5.03. The minimum Gasteiger partial charge on any atom is -0.378 e. The predicted octanol–water partition coefficient (Wildman–Crippen LogP) is 2.00. The number of morpholine rings is 1. The van der Waals surface area contributed by atoms with Crippen molar-refractivity contribution in [2.75, 3.05) is 57.4 Å². The lowest BCUT2D eigenvalue weighted by Gasteiger charge is -2.38. The normalized spacial score (nSPS) is 25.5. The summed E-state index contributed by atoms with van der Waals surface area (Å²) in [4.78, 5) is 42.4. The summed E-state index contributed by atoms with van der Waals surface area (Å²) in [6.45, 7) is 6.87. The molecule has 2 aromatic rings. The topological polar surface area (TPSA) is 78.9 Å². The van der Waals surface area contributed by atoms with Crippen molar-refractivity contribution in [2.45, 2.75) is 19.8 Å². The number of anilines is 1. The highest BCUT2D eigenvalue weighted by Crippen LogP contribution is 2.45. The van der Waals surface area contributed by atoms with E-state index in [0.29, 0.717) is 58.4 Å². The van der Waals surface area contributed by atoms with Crippen molar-refractivity contribution in [3.63, 3.8) is 0 Å². The van der Waals surface area contributed by atoms with Crippen LogP contribution >= 0.6 is 0 Å². The van der Waals surface area contributed by atoms with Crippen LogP contribution in [0, 0.1) is 18.3 Å². The molecule has 8 nitrogen and oxygen atoms in total. The summed E-state index contributed by atoms with van der Waals surface area (Å²) in [5, 5.41) is 0. The predicted molar refractivity (Wildman–Crippen MR) is 124 cm³/mol. The molecule has 0 spiro atoms. The molecule has 4 heterocycles. The SMILES string of the molecule is Cc1ccccc1C(=O)N1CCC[C@]2(C(=O)N3CCOCC3)CN(c3ncccn3)C[C@@H]2C1. The number of aromatic nitrogens is 2. The summed E-state index contributed by atoms with van der Waals surface area (Å²) in [7, 11) is 0. The maximum Gasteiger partial charge on any atom is 0.254 e. The van der Waals surface area contributed by atoms with Gasteiger partial charge < -0.3 is 19.4 Å². The van der Waals surface area contributed by atoms with Gasteiger partial charge in [0, 0.05) is 63.1 Å². The van der Waals surface area contributed by atoms with Crippen molar-refractivity contribution in [3.8, 4) is 0 Å². The van der Waals surface area contributed by atoms with E-state index in [0.717, 1.165) is 24.0 Å². The van der Waals surface area contributed by atoms with E-state index < -0.39 is 5.41 Å². The van der Waals surface area contributed by atoms with Gasteiger partial charge in [-0.25, -0.2) is 9.97 Å². The Labute approximate surface area is 194 Å². The Morgan fingerprint density at radius 1 is 1.00 bits per heavy atom. The summed E-state index contributed by atoms with van der Waals surface area (Å²) < 4.78 is 5.49. The zero-order valence-corrected chi connectivity index (χ0v) is 19.2. The fraction of sp³-hybridized carbons (Fsp3) is 0.520. The highest BCUT2D eigenvalue weighted by Gasteiger charge is 2.55. The molecule has 0 radical (unpaired) electrons. The van der Waals surface area contributed by atoms with Crippen molar-refractivity contribution in [1.29, 1.82) is 0 Å². The van der Waals surface area contributed by atoms with Gasteiger partial charge in [0.05, 0.1) is 18.6 Å². The molecule has 0 N–H and O–H groups in total. The van der Waals surface area contributed by atoms with Crippen LogP contribution in [-0.4, -0.2) is 84.1 Å². The van der Waals surface area contributed by atoms with Crippen LogP contribution in [0.2, 0.25) is 0 Å². The first-order valence-corrected chi connectivity index (χ1v) is 11.8. The van der Waals surface area contributed by atoms with E-state index in [1.807, 2.05) is 41.0 Å². The smallest absolute Gasteiger partial charge is 0.254 e. The van der Waals surface area contributed by atoms with Crippen LogP contribution in [0.3, 0.4) is 0 Å². The number of ether oxygens (including phenoxy) is 1.